The highest BCUT2D eigenvalue weighted by Gasteiger charge is 2.26. The molecular weight excluding hydrogens is 344 g/mol. The topological polar surface area (TPSA) is 58.2 Å². The van der Waals surface area contributed by atoms with Gasteiger partial charge in [0.15, 0.2) is 0 Å². The van der Waals surface area contributed by atoms with Crippen LogP contribution >= 0.6 is 12.4 Å². The Labute approximate surface area is 150 Å². The predicted octanol–water partition coefficient (Wildman–Crippen LogP) is 3.19. The summed E-state index contributed by atoms with van der Waals surface area (Å²) >= 11 is 0. The van der Waals surface area contributed by atoms with E-state index in [1.807, 2.05) is 43.3 Å². The second-order valence-corrected chi connectivity index (χ2v) is 7.72. The summed E-state index contributed by atoms with van der Waals surface area (Å²) in [7, 11) is -3.51. The summed E-state index contributed by atoms with van der Waals surface area (Å²) in [4.78, 5) is 0.316. The van der Waals surface area contributed by atoms with Gasteiger partial charge >= 0.3 is 0 Å². The maximum atomic E-state index is 12.7. The molecule has 0 saturated carbocycles. The molecule has 1 aliphatic heterocycles. The highest BCUT2D eigenvalue weighted by atomic mass is 35.5. The standard InChI is InChI=1S/C18H22N2O2S.ClH/c1-14-18(11-6-12-19-14)20-23(21,22)17-10-5-9-16(13-17)15-7-3-2-4-8-15;/h2-5,7-10,13-14,18-20H,6,11-12H2,1H3;1H. The highest BCUT2D eigenvalue weighted by Crippen LogP contribution is 2.23. The van der Waals surface area contributed by atoms with Crippen LogP contribution < -0.4 is 10.0 Å². The third-order valence-corrected chi connectivity index (χ3v) is 5.81. The van der Waals surface area contributed by atoms with Gasteiger partial charge in [-0.1, -0.05) is 42.5 Å². The maximum Gasteiger partial charge on any atom is 0.240 e. The maximum absolute atomic E-state index is 12.7. The van der Waals surface area contributed by atoms with Gasteiger partial charge in [-0.15, -0.1) is 12.4 Å². The molecule has 130 valence electrons. The van der Waals surface area contributed by atoms with Crippen molar-refractivity contribution in [1.29, 1.82) is 0 Å². The van der Waals surface area contributed by atoms with Crippen LogP contribution in [0.15, 0.2) is 59.5 Å². The van der Waals surface area contributed by atoms with E-state index in [1.54, 1.807) is 18.2 Å². The van der Waals surface area contributed by atoms with Crippen LogP contribution in [0.25, 0.3) is 11.1 Å². The SMILES string of the molecule is CC1NCCCC1NS(=O)(=O)c1cccc(-c2ccccc2)c1.Cl. The van der Waals surface area contributed by atoms with Crippen LogP contribution in [0.4, 0.5) is 0 Å². The lowest BCUT2D eigenvalue weighted by Crippen LogP contribution is -2.51. The quantitative estimate of drug-likeness (QED) is 0.873. The monoisotopic (exact) mass is 366 g/mol. The van der Waals surface area contributed by atoms with Gasteiger partial charge in [0.2, 0.25) is 10.0 Å². The van der Waals surface area contributed by atoms with Gasteiger partial charge in [-0.2, -0.15) is 0 Å². The first-order valence-electron chi connectivity index (χ1n) is 7.97. The zero-order chi connectivity index (χ0) is 16.3. The highest BCUT2D eigenvalue weighted by molar-refractivity contribution is 7.89. The van der Waals surface area contributed by atoms with Crippen LogP contribution in [0.2, 0.25) is 0 Å². The van der Waals surface area contributed by atoms with E-state index in [4.69, 9.17) is 0 Å². The van der Waals surface area contributed by atoms with Crippen molar-refractivity contribution in [2.45, 2.75) is 36.7 Å². The molecule has 1 aliphatic rings. The minimum Gasteiger partial charge on any atom is -0.313 e. The second-order valence-electron chi connectivity index (χ2n) is 6.01. The van der Waals surface area contributed by atoms with Gasteiger partial charge in [0.05, 0.1) is 4.90 Å². The lowest BCUT2D eigenvalue weighted by molar-refractivity contribution is 0.349. The lowest BCUT2D eigenvalue weighted by Gasteiger charge is -2.30. The summed E-state index contributed by atoms with van der Waals surface area (Å²) in [5.41, 5.74) is 1.92. The van der Waals surface area contributed by atoms with Gasteiger partial charge in [-0.05, 0) is 49.6 Å². The number of halogens is 1. The van der Waals surface area contributed by atoms with Crippen molar-refractivity contribution >= 4 is 22.4 Å². The van der Waals surface area contributed by atoms with Crippen molar-refractivity contribution in [3.05, 3.63) is 54.6 Å². The van der Waals surface area contributed by atoms with Crippen LogP contribution in [0.5, 0.6) is 0 Å². The van der Waals surface area contributed by atoms with Crippen LogP contribution in [-0.2, 0) is 10.0 Å². The van der Waals surface area contributed by atoms with Gasteiger partial charge in [0, 0.05) is 12.1 Å². The molecule has 2 N–H and O–H groups in total. The molecule has 24 heavy (non-hydrogen) atoms. The van der Waals surface area contributed by atoms with Crippen LogP contribution in [-0.4, -0.2) is 27.0 Å². The Morgan fingerprint density at radius 2 is 1.75 bits per heavy atom. The summed E-state index contributed by atoms with van der Waals surface area (Å²) in [6, 6.07) is 17.0. The molecular formula is C18H23ClN2O2S. The van der Waals surface area contributed by atoms with E-state index < -0.39 is 10.0 Å². The van der Waals surface area contributed by atoms with Crippen molar-refractivity contribution in [2.75, 3.05) is 6.54 Å². The van der Waals surface area contributed by atoms with E-state index in [0.717, 1.165) is 30.5 Å². The summed E-state index contributed by atoms with van der Waals surface area (Å²) in [5.74, 6) is 0. The Hall–Kier alpha value is -1.40. The molecule has 3 rings (SSSR count). The van der Waals surface area contributed by atoms with Crippen molar-refractivity contribution in [1.82, 2.24) is 10.0 Å². The molecule has 4 nitrogen and oxygen atoms in total. The Bertz CT molecular complexity index is 766. The summed E-state index contributed by atoms with van der Waals surface area (Å²) in [6.07, 6.45) is 1.85. The van der Waals surface area contributed by atoms with Crippen molar-refractivity contribution in [3.63, 3.8) is 0 Å². The predicted molar refractivity (Wildman–Crippen MR) is 99.9 cm³/mol. The van der Waals surface area contributed by atoms with Crippen molar-refractivity contribution in [2.24, 2.45) is 0 Å². The Kier molecular flexibility index (Phi) is 6.40. The number of hydrogen-bond acceptors (Lipinski definition) is 3. The molecule has 1 heterocycles. The van der Waals surface area contributed by atoms with Gasteiger partial charge in [0.1, 0.15) is 0 Å². The van der Waals surface area contributed by atoms with E-state index in [9.17, 15) is 8.42 Å². The Balaban J connectivity index is 0.00000208. The average Bonchev–Trinajstić information content (AvgIpc) is 2.58. The zero-order valence-electron chi connectivity index (χ0n) is 13.6. The Morgan fingerprint density at radius 3 is 2.46 bits per heavy atom. The fraction of sp³-hybridized carbons (Fsp3) is 0.333. The number of rotatable bonds is 4. The molecule has 0 radical (unpaired) electrons. The van der Waals surface area contributed by atoms with E-state index in [2.05, 4.69) is 10.0 Å². The van der Waals surface area contributed by atoms with Gasteiger partial charge < -0.3 is 5.32 Å². The number of nitrogens with one attached hydrogen (secondary N) is 2. The normalized spacial score (nSPS) is 21.0. The molecule has 2 aromatic rings. The molecule has 0 aromatic heterocycles. The summed E-state index contributed by atoms with van der Waals surface area (Å²) < 4.78 is 28.2. The average molecular weight is 367 g/mol. The molecule has 0 bridgehead atoms. The zero-order valence-corrected chi connectivity index (χ0v) is 15.2. The minimum absolute atomic E-state index is 0. The molecule has 0 aliphatic carbocycles. The first-order valence-corrected chi connectivity index (χ1v) is 9.46. The molecule has 0 spiro atoms. The van der Waals surface area contributed by atoms with E-state index in [-0.39, 0.29) is 24.5 Å². The Morgan fingerprint density at radius 1 is 1.04 bits per heavy atom. The van der Waals surface area contributed by atoms with Gasteiger partial charge in [0.25, 0.3) is 0 Å². The molecule has 2 atom stereocenters. The van der Waals surface area contributed by atoms with Crippen LogP contribution in [0.1, 0.15) is 19.8 Å². The number of sulfonamides is 1. The fourth-order valence-electron chi connectivity index (χ4n) is 2.95. The fourth-order valence-corrected chi connectivity index (χ4v) is 4.34. The van der Waals surface area contributed by atoms with Crippen LogP contribution in [0, 0.1) is 0 Å². The van der Waals surface area contributed by atoms with E-state index in [0.29, 0.717) is 4.90 Å². The number of piperidine rings is 1. The van der Waals surface area contributed by atoms with Gasteiger partial charge in [-0.25, -0.2) is 13.1 Å². The first-order chi connectivity index (χ1) is 11.1. The molecule has 1 saturated heterocycles. The lowest BCUT2D eigenvalue weighted by atomic mass is 10.0. The summed E-state index contributed by atoms with van der Waals surface area (Å²) in [6.45, 7) is 2.97. The first kappa shape index (κ1) is 18.9. The van der Waals surface area contributed by atoms with Crippen molar-refractivity contribution in [3.8, 4) is 11.1 Å². The molecule has 0 amide bonds. The smallest absolute Gasteiger partial charge is 0.240 e. The van der Waals surface area contributed by atoms with Crippen molar-refractivity contribution < 1.29 is 8.42 Å². The molecule has 2 aromatic carbocycles. The van der Waals surface area contributed by atoms with E-state index >= 15 is 0 Å². The van der Waals surface area contributed by atoms with Gasteiger partial charge in [-0.3, -0.25) is 0 Å². The van der Waals surface area contributed by atoms with Crippen LogP contribution in [0.3, 0.4) is 0 Å². The largest absolute Gasteiger partial charge is 0.313 e. The molecule has 1 fully saturated rings. The minimum atomic E-state index is -3.51. The second kappa shape index (κ2) is 8.12. The third kappa shape index (κ3) is 4.36. The number of hydrogen-bond donors (Lipinski definition) is 2. The number of benzene rings is 2. The third-order valence-electron chi connectivity index (χ3n) is 4.32. The molecule has 2 unspecified atom stereocenters. The van der Waals surface area contributed by atoms with E-state index in [1.165, 1.54) is 0 Å². The molecule has 6 heteroatoms. The summed E-state index contributed by atoms with van der Waals surface area (Å²) in [5, 5.41) is 3.32.